The van der Waals surface area contributed by atoms with Crippen LogP contribution < -0.4 is 4.74 Å². The van der Waals surface area contributed by atoms with E-state index in [0.717, 1.165) is 10.4 Å². The quantitative estimate of drug-likeness (QED) is 0.818. The van der Waals surface area contributed by atoms with Gasteiger partial charge in [0.15, 0.2) is 11.5 Å². The van der Waals surface area contributed by atoms with Crippen LogP contribution in [0.1, 0.15) is 0 Å². The summed E-state index contributed by atoms with van der Waals surface area (Å²) >= 11 is 1.65. The van der Waals surface area contributed by atoms with Gasteiger partial charge >= 0.3 is 0 Å². The van der Waals surface area contributed by atoms with Gasteiger partial charge in [0.25, 0.3) is 0 Å². The summed E-state index contributed by atoms with van der Waals surface area (Å²) in [6.07, 6.45) is 0. The number of hydrogen-bond donors (Lipinski definition) is 1. The summed E-state index contributed by atoms with van der Waals surface area (Å²) in [5, 5.41) is 11.6. The third kappa shape index (κ3) is 1.59. The summed E-state index contributed by atoms with van der Waals surface area (Å²) < 4.78 is 4.97. The molecule has 72 valence electrons. The average Bonchev–Trinajstić information content (AvgIpc) is 2.70. The second-order valence-corrected chi connectivity index (χ2v) is 3.81. The van der Waals surface area contributed by atoms with Gasteiger partial charge in [-0.1, -0.05) is 6.07 Å². The summed E-state index contributed by atoms with van der Waals surface area (Å²) in [6, 6.07) is 9.42. The van der Waals surface area contributed by atoms with Gasteiger partial charge in [0.2, 0.25) is 0 Å². The zero-order valence-electron chi connectivity index (χ0n) is 7.73. The first-order valence-corrected chi connectivity index (χ1v) is 5.10. The molecule has 0 fully saturated rings. The lowest BCUT2D eigenvalue weighted by atomic mass is 10.2. The summed E-state index contributed by atoms with van der Waals surface area (Å²) in [6.45, 7) is 0. The highest BCUT2D eigenvalue weighted by molar-refractivity contribution is 7.13. The molecule has 0 atom stereocenters. The minimum absolute atomic E-state index is 0.179. The SMILES string of the molecule is COc1ccc(-c2cccs2)cc1O. The zero-order chi connectivity index (χ0) is 9.97. The van der Waals surface area contributed by atoms with Crippen LogP contribution >= 0.6 is 11.3 Å². The molecular weight excluding hydrogens is 196 g/mol. The van der Waals surface area contributed by atoms with E-state index < -0.39 is 0 Å². The Morgan fingerprint density at radius 3 is 2.71 bits per heavy atom. The molecule has 0 aliphatic carbocycles. The zero-order valence-corrected chi connectivity index (χ0v) is 8.54. The van der Waals surface area contributed by atoms with Crippen LogP contribution in [0, 0.1) is 0 Å². The molecule has 2 rings (SSSR count). The summed E-state index contributed by atoms with van der Waals surface area (Å²) in [4.78, 5) is 1.14. The van der Waals surface area contributed by atoms with E-state index in [9.17, 15) is 5.11 Å². The van der Waals surface area contributed by atoms with E-state index in [-0.39, 0.29) is 5.75 Å². The van der Waals surface area contributed by atoms with Crippen LogP contribution in [-0.2, 0) is 0 Å². The van der Waals surface area contributed by atoms with Gasteiger partial charge in [-0.15, -0.1) is 11.3 Å². The highest BCUT2D eigenvalue weighted by Crippen LogP contribution is 2.33. The largest absolute Gasteiger partial charge is 0.504 e. The van der Waals surface area contributed by atoms with Crippen molar-refractivity contribution in [2.24, 2.45) is 0 Å². The van der Waals surface area contributed by atoms with Crippen LogP contribution in [0.4, 0.5) is 0 Å². The predicted octanol–water partition coefficient (Wildman–Crippen LogP) is 3.13. The second-order valence-electron chi connectivity index (χ2n) is 2.86. The van der Waals surface area contributed by atoms with Gasteiger partial charge in [0.1, 0.15) is 0 Å². The molecule has 0 saturated carbocycles. The number of phenolic OH excluding ortho intramolecular Hbond substituents is 1. The van der Waals surface area contributed by atoms with Gasteiger partial charge < -0.3 is 9.84 Å². The molecule has 0 saturated heterocycles. The van der Waals surface area contributed by atoms with E-state index in [2.05, 4.69) is 0 Å². The number of phenols is 1. The lowest BCUT2D eigenvalue weighted by molar-refractivity contribution is 0.373. The minimum Gasteiger partial charge on any atom is -0.504 e. The Bertz CT molecular complexity index is 421. The van der Waals surface area contributed by atoms with Crippen molar-refractivity contribution < 1.29 is 9.84 Å². The number of aromatic hydroxyl groups is 1. The highest BCUT2D eigenvalue weighted by Gasteiger charge is 2.04. The monoisotopic (exact) mass is 206 g/mol. The molecule has 0 bridgehead atoms. The van der Waals surface area contributed by atoms with Crippen molar-refractivity contribution in [2.75, 3.05) is 7.11 Å². The van der Waals surface area contributed by atoms with Crippen LogP contribution in [0.15, 0.2) is 35.7 Å². The molecular formula is C11H10O2S. The van der Waals surface area contributed by atoms with E-state index in [1.807, 2.05) is 23.6 Å². The standard InChI is InChI=1S/C11H10O2S/c1-13-10-5-4-8(7-9(10)12)11-3-2-6-14-11/h2-7,12H,1H3. The number of hydrogen-bond acceptors (Lipinski definition) is 3. The molecule has 1 aromatic carbocycles. The van der Waals surface area contributed by atoms with Crippen molar-refractivity contribution in [3.63, 3.8) is 0 Å². The molecule has 0 radical (unpaired) electrons. The second kappa shape index (κ2) is 3.72. The number of methoxy groups -OCH3 is 1. The molecule has 3 heteroatoms. The number of rotatable bonds is 2. The summed E-state index contributed by atoms with van der Waals surface area (Å²) in [7, 11) is 1.54. The third-order valence-electron chi connectivity index (χ3n) is 1.98. The molecule has 2 nitrogen and oxygen atoms in total. The van der Waals surface area contributed by atoms with Gasteiger partial charge in [0, 0.05) is 4.88 Å². The van der Waals surface area contributed by atoms with Crippen LogP contribution in [0.25, 0.3) is 10.4 Å². The van der Waals surface area contributed by atoms with Crippen LogP contribution in [0.5, 0.6) is 11.5 Å². The maximum absolute atomic E-state index is 9.57. The Labute approximate surface area is 86.4 Å². The topological polar surface area (TPSA) is 29.5 Å². The fourth-order valence-electron chi connectivity index (χ4n) is 1.29. The van der Waals surface area contributed by atoms with Gasteiger partial charge in [-0.05, 0) is 35.2 Å². The van der Waals surface area contributed by atoms with Gasteiger partial charge in [0.05, 0.1) is 7.11 Å². The number of ether oxygens (including phenoxy) is 1. The van der Waals surface area contributed by atoms with Crippen LogP contribution in [0.3, 0.4) is 0 Å². The van der Waals surface area contributed by atoms with Crippen molar-refractivity contribution in [1.82, 2.24) is 0 Å². The van der Waals surface area contributed by atoms with Crippen molar-refractivity contribution in [2.45, 2.75) is 0 Å². The van der Waals surface area contributed by atoms with E-state index in [4.69, 9.17) is 4.74 Å². The molecule has 1 N–H and O–H groups in total. The maximum Gasteiger partial charge on any atom is 0.160 e. The molecule has 0 aliphatic rings. The molecule has 0 unspecified atom stereocenters. The predicted molar refractivity (Wildman–Crippen MR) is 58.0 cm³/mol. The molecule has 1 aromatic heterocycles. The fraction of sp³-hybridized carbons (Fsp3) is 0.0909. The van der Waals surface area contributed by atoms with E-state index in [1.54, 1.807) is 30.6 Å². The molecule has 0 spiro atoms. The Morgan fingerprint density at radius 1 is 1.29 bits per heavy atom. The number of thiophene rings is 1. The first kappa shape index (κ1) is 9.09. The maximum atomic E-state index is 9.57. The van der Waals surface area contributed by atoms with E-state index in [1.165, 1.54) is 0 Å². The smallest absolute Gasteiger partial charge is 0.160 e. The van der Waals surface area contributed by atoms with Crippen LogP contribution in [-0.4, -0.2) is 12.2 Å². The summed E-state index contributed by atoms with van der Waals surface area (Å²) in [5.74, 6) is 0.684. The van der Waals surface area contributed by atoms with Gasteiger partial charge in [-0.2, -0.15) is 0 Å². The highest BCUT2D eigenvalue weighted by atomic mass is 32.1. The van der Waals surface area contributed by atoms with Crippen molar-refractivity contribution in [3.8, 4) is 21.9 Å². The third-order valence-corrected chi connectivity index (χ3v) is 2.90. The molecule has 1 heterocycles. The van der Waals surface area contributed by atoms with Gasteiger partial charge in [-0.25, -0.2) is 0 Å². The van der Waals surface area contributed by atoms with Crippen LogP contribution in [0.2, 0.25) is 0 Å². The average molecular weight is 206 g/mol. The van der Waals surface area contributed by atoms with E-state index in [0.29, 0.717) is 5.75 Å². The Morgan fingerprint density at radius 2 is 2.14 bits per heavy atom. The fourth-order valence-corrected chi connectivity index (χ4v) is 2.01. The van der Waals surface area contributed by atoms with Crippen molar-refractivity contribution in [1.29, 1.82) is 0 Å². The summed E-state index contributed by atoms with van der Waals surface area (Å²) in [5.41, 5.74) is 1.01. The molecule has 14 heavy (non-hydrogen) atoms. The normalized spacial score (nSPS) is 10.1. The lowest BCUT2D eigenvalue weighted by Crippen LogP contribution is -1.83. The number of benzene rings is 1. The Kier molecular flexibility index (Phi) is 2.41. The minimum atomic E-state index is 0.179. The first-order chi connectivity index (χ1) is 6.81. The molecule has 0 amide bonds. The molecule has 2 aromatic rings. The van der Waals surface area contributed by atoms with Crippen molar-refractivity contribution in [3.05, 3.63) is 35.7 Å². The molecule has 0 aliphatic heterocycles. The van der Waals surface area contributed by atoms with E-state index >= 15 is 0 Å². The lowest BCUT2D eigenvalue weighted by Gasteiger charge is -2.04. The van der Waals surface area contributed by atoms with Crippen molar-refractivity contribution >= 4 is 11.3 Å². The van der Waals surface area contributed by atoms with Gasteiger partial charge in [-0.3, -0.25) is 0 Å². The Balaban J connectivity index is 2.43. The first-order valence-electron chi connectivity index (χ1n) is 4.22. The Hall–Kier alpha value is -1.48.